The van der Waals surface area contributed by atoms with Crippen LogP contribution >= 0.6 is 0 Å². The first-order valence-corrected chi connectivity index (χ1v) is 1.36. The Labute approximate surface area is 35.8 Å². The Kier molecular flexibility index (Phi) is 3.27. The summed E-state index contributed by atoms with van der Waals surface area (Å²) in [5.74, 6) is 0. The molecule has 0 rings (SSSR count). The standard InChI is InChI=1S/C3H4N2O/c1-6-5-3-2-4/h3H,1H3/b5-3-. The van der Waals surface area contributed by atoms with Crippen LogP contribution in [0.2, 0.25) is 0 Å². The zero-order valence-corrected chi connectivity index (χ0v) is 3.38. The highest BCUT2D eigenvalue weighted by atomic mass is 16.6. The van der Waals surface area contributed by atoms with Crippen LogP contribution in [-0.2, 0) is 4.84 Å². The summed E-state index contributed by atoms with van der Waals surface area (Å²) in [5.41, 5.74) is 0. The highest BCUT2D eigenvalue weighted by Crippen LogP contribution is 1.57. The number of nitrogens with zero attached hydrogens (tertiary/aromatic N) is 2. The van der Waals surface area contributed by atoms with Crippen molar-refractivity contribution in [2.45, 2.75) is 0 Å². The van der Waals surface area contributed by atoms with Crippen molar-refractivity contribution in [3.05, 3.63) is 0 Å². The number of oxime groups is 1. The molecular formula is C3H4N2O. The van der Waals surface area contributed by atoms with E-state index < -0.39 is 0 Å². The molecule has 0 aliphatic heterocycles. The van der Waals surface area contributed by atoms with Crippen LogP contribution in [0.5, 0.6) is 0 Å². The molecule has 0 N–H and O–H groups in total. The van der Waals surface area contributed by atoms with Crippen molar-refractivity contribution in [2.75, 3.05) is 7.11 Å². The molecule has 0 saturated carbocycles. The van der Waals surface area contributed by atoms with Crippen LogP contribution in [0.1, 0.15) is 0 Å². The Balaban J connectivity index is 3.02. The zero-order chi connectivity index (χ0) is 4.83. The molecule has 0 radical (unpaired) electrons. The molecule has 0 aromatic carbocycles. The molecule has 3 nitrogen and oxygen atoms in total. The van der Waals surface area contributed by atoms with Crippen LogP contribution in [0.15, 0.2) is 5.16 Å². The fourth-order valence-corrected chi connectivity index (χ4v) is 0.0763. The number of rotatable bonds is 1. The van der Waals surface area contributed by atoms with Crippen LogP contribution in [0.25, 0.3) is 0 Å². The average Bonchev–Trinajstić information content (AvgIpc) is 1.61. The monoisotopic (exact) mass is 84.0 g/mol. The van der Waals surface area contributed by atoms with Gasteiger partial charge >= 0.3 is 0 Å². The van der Waals surface area contributed by atoms with Gasteiger partial charge in [-0.2, -0.15) is 5.26 Å². The van der Waals surface area contributed by atoms with E-state index in [1.165, 1.54) is 7.11 Å². The van der Waals surface area contributed by atoms with Crippen LogP contribution in [0.4, 0.5) is 0 Å². The molecule has 0 fully saturated rings. The first-order chi connectivity index (χ1) is 2.91. The van der Waals surface area contributed by atoms with Gasteiger partial charge in [-0.05, 0) is 0 Å². The lowest BCUT2D eigenvalue weighted by atomic mass is 10.9. The molecule has 0 spiro atoms. The van der Waals surface area contributed by atoms with Gasteiger partial charge in [0.05, 0.1) is 0 Å². The molecule has 32 valence electrons. The normalized spacial score (nSPS) is 8.00. The summed E-state index contributed by atoms with van der Waals surface area (Å²) in [6.45, 7) is 0. The number of hydrogen-bond donors (Lipinski definition) is 0. The number of hydrogen-bond acceptors (Lipinski definition) is 3. The molecule has 0 aliphatic carbocycles. The van der Waals surface area contributed by atoms with E-state index in [-0.39, 0.29) is 0 Å². The Bertz CT molecular complexity index is 81.3. The maximum absolute atomic E-state index is 7.72. The minimum Gasteiger partial charge on any atom is -0.399 e. The van der Waals surface area contributed by atoms with Gasteiger partial charge in [0.15, 0.2) is 0 Å². The van der Waals surface area contributed by atoms with Gasteiger partial charge in [0.2, 0.25) is 0 Å². The number of nitriles is 1. The third-order valence-electron chi connectivity index (χ3n) is 0.216. The highest BCUT2D eigenvalue weighted by Gasteiger charge is 1.55. The lowest BCUT2D eigenvalue weighted by Gasteiger charge is -1.74. The fraction of sp³-hybridized carbons (Fsp3) is 0.333. The molecule has 0 amide bonds. The molecule has 0 bridgehead atoms. The van der Waals surface area contributed by atoms with Crippen molar-refractivity contribution in [1.29, 1.82) is 5.26 Å². The van der Waals surface area contributed by atoms with E-state index in [0.29, 0.717) is 0 Å². The molecule has 0 atom stereocenters. The first-order valence-electron chi connectivity index (χ1n) is 1.36. The second-order valence-electron chi connectivity index (χ2n) is 0.546. The van der Waals surface area contributed by atoms with Gasteiger partial charge in [0.1, 0.15) is 19.4 Å². The fourth-order valence-electron chi connectivity index (χ4n) is 0.0763. The Morgan fingerprint density at radius 3 is 2.83 bits per heavy atom. The van der Waals surface area contributed by atoms with E-state index in [2.05, 4.69) is 9.99 Å². The summed E-state index contributed by atoms with van der Waals surface area (Å²) >= 11 is 0. The Morgan fingerprint density at radius 2 is 2.67 bits per heavy atom. The molecule has 6 heavy (non-hydrogen) atoms. The van der Waals surface area contributed by atoms with E-state index in [4.69, 9.17) is 5.26 Å². The van der Waals surface area contributed by atoms with Gasteiger partial charge in [-0.15, -0.1) is 0 Å². The third-order valence-corrected chi connectivity index (χ3v) is 0.216. The second-order valence-corrected chi connectivity index (χ2v) is 0.546. The van der Waals surface area contributed by atoms with Crippen LogP contribution in [0, 0.1) is 11.3 Å². The van der Waals surface area contributed by atoms with Gasteiger partial charge < -0.3 is 4.84 Å². The topological polar surface area (TPSA) is 45.4 Å². The predicted molar refractivity (Wildman–Crippen MR) is 21.1 cm³/mol. The van der Waals surface area contributed by atoms with Gasteiger partial charge in [0.25, 0.3) is 0 Å². The van der Waals surface area contributed by atoms with Crippen molar-refractivity contribution < 1.29 is 4.84 Å². The average molecular weight is 84.1 g/mol. The molecule has 0 heterocycles. The highest BCUT2D eigenvalue weighted by molar-refractivity contribution is 5.74. The predicted octanol–water partition coefficient (Wildman–Crippen LogP) is 0.142. The Morgan fingerprint density at radius 1 is 2.00 bits per heavy atom. The summed E-state index contributed by atoms with van der Waals surface area (Å²) < 4.78 is 0. The summed E-state index contributed by atoms with van der Waals surface area (Å²) in [6.07, 6.45) is 1.01. The molecule has 0 unspecified atom stereocenters. The van der Waals surface area contributed by atoms with Gasteiger partial charge in [-0.25, -0.2) is 0 Å². The van der Waals surface area contributed by atoms with Crippen molar-refractivity contribution in [1.82, 2.24) is 0 Å². The molecule has 0 saturated heterocycles. The lowest BCUT2D eigenvalue weighted by Crippen LogP contribution is -1.65. The maximum Gasteiger partial charge on any atom is 0.143 e. The molecule has 0 aliphatic rings. The summed E-state index contributed by atoms with van der Waals surface area (Å²) in [7, 11) is 1.38. The van der Waals surface area contributed by atoms with Gasteiger partial charge in [-0.1, -0.05) is 5.16 Å². The summed E-state index contributed by atoms with van der Waals surface area (Å²) in [6, 6.07) is 1.65. The molecule has 0 aromatic rings. The van der Waals surface area contributed by atoms with Gasteiger partial charge in [-0.3, -0.25) is 0 Å². The Hall–Kier alpha value is -1.04. The molecule has 3 heteroatoms. The van der Waals surface area contributed by atoms with E-state index >= 15 is 0 Å². The molecule has 0 aromatic heterocycles. The van der Waals surface area contributed by atoms with Crippen LogP contribution < -0.4 is 0 Å². The maximum atomic E-state index is 7.72. The first kappa shape index (κ1) is 4.96. The minimum atomic E-state index is 1.01. The second kappa shape index (κ2) is 3.96. The smallest absolute Gasteiger partial charge is 0.143 e. The van der Waals surface area contributed by atoms with Crippen LogP contribution in [0.3, 0.4) is 0 Å². The van der Waals surface area contributed by atoms with Crippen molar-refractivity contribution in [3.8, 4) is 6.07 Å². The zero-order valence-electron chi connectivity index (χ0n) is 3.38. The van der Waals surface area contributed by atoms with E-state index in [1.807, 2.05) is 0 Å². The summed E-state index contributed by atoms with van der Waals surface area (Å²) in [5, 5.41) is 10.8. The largest absolute Gasteiger partial charge is 0.399 e. The summed E-state index contributed by atoms with van der Waals surface area (Å²) in [4.78, 5) is 4.13. The third kappa shape index (κ3) is 2.96. The van der Waals surface area contributed by atoms with Crippen molar-refractivity contribution >= 4 is 6.21 Å². The lowest BCUT2D eigenvalue weighted by molar-refractivity contribution is 0.216. The molecular weight excluding hydrogens is 80.0 g/mol. The quantitative estimate of drug-likeness (QED) is 0.335. The van der Waals surface area contributed by atoms with Crippen LogP contribution in [-0.4, -0.2) is 13.3 Å². The van der Waals surface area contributed by atoms with E-state index in [9.17, 15) is 0 Å². The minimum absolute atomic E-state index is 1.01. The SMILES string of the molecule is CO/N=C\C#N. The van der Waals surface area contributed by atoms with E-state index in [1.54, 1.807) is 6.07 Å². The van der Waals surface area contributed by atoms with Crippen molar-refractivity contribution in [3.63, 3.8) is 0 Å². The van der Waals surface area contributed by atoms with E-state index in [0.717, 1.165) is 6.21 Å². The van der Waals surface area contributed by atoms with Gasteiger partial charge in [0, 0.05) is 0 Å². The van der Waals surface area contributed by atoms with Crippen molar-refractivity contribution in [2.24, 2.45) is 5.16 Å².